The van der Waals surface area contributed by atoms with Gasteiger partial charge in [0.2, 0.25) is 5.95 Å². The van der Waals surface area contributed by atoms with E-state index in [0.29, 0.717) is 19.0 Å². The van der Waals surface area contributed by atoms with Crippen LogP contribution in [0.1, 0.15) is 0 Å². The molecule has 2 saturated heterocycles. The van der Waals surface area contributed by atoms with Crippen molar-refractivity contribution in [1.82, 2.24) is 20.2 Å². The number of thiophene rings is 1. The molecule has 2 amide bonds. The van der Waals surface area contributed by atoms with Crippen molar-refractivity contribution in [3.63, 3.8) is 0 Å². The van der Waals surface area contributed by atoms with Crippen LogP contribution in [0.15, 0.2) is 35.3 Å². The first kappa shape index (κ1) is 20.9. The summed E-state index contributed by atoms with van der Waals surface area (Å²) in [6.45, 7) is 2.78. The molecule has 4 N–H and O–H groups in total. The zero-order chi connectivity index (χ0) is 20.9. The minimum absolute atomic E-state index is 0.232. The molecule has 0 bridgehead atoms. The lowest BCUT2D eigenvalue weighted by Gasteiger charge is -2.40. The van der Waals surface area contributed by atoms with Crippen LogP contribution in [-0.4, -0.2) is 94.8 Å². The van der Waals surface area contributed by atoms with Gasteiger partial charge in [0.1, 0.15) is 12.2 Å². The van der Waals surface area contributed by atoms with Gasteiger partial charge in [0.25, 0.3) is 0 Å². The Balaban J connectivity index is 1.35. The van der Waals surface area contributed by atoms with Gasteiger partial charge in [-0.3, -0.25) is 4.90 Å². The van der Waals surface area contributed by atoms with Crippen LogP contribution >= 0.6 is 11.3 Å². The van der Waals surface area contributed by atoms with Crippen LogP contribution in [0.4, 0.5) is 16.4 Å². The molecule has 0 saturated carbocycles. The molecule has 0 unspecified atom stereocenters. The number of carbonyl (C=O) groups excluding carboxylic acids is 1. The molecule has 10 nitrogen and oxygen atoms in total. The van der Waals surface area contributed by atoms with E-state index in [9.17, 15) is 15.0 Å². The van der Waals surface area contributed by atoms with Gasteiger partial charge < -0.3 is 30.5 Å². The Bertz CT molecular complexity index is 803. The maximum absolute atomic E-state index is 12.2. The van der Waals surface area contributed by atoms with Crippen LogP contribution in [0, 0.1) is 0 Å². The summed E-state index contributed by atoms with van der Waals surface area (Å²) in [7, 11) is 0. The monoisotopic (exact) mass is 434 g/mol. The van der Waals surface area contributed by atoms with Gasteiger partial charge in [0.15, 0.2) is 0 Å². The Morgan fingerprint density at radius 1 is 1.23 bits per heavy atom. The first-order valence-corrected chi connectivity index (χ1v) is 10.9. The van der Waals surface area contributed by atoms with E-state index in [4.69, 9.17) is 4.74 Å². The number of rotatable bonds is 6. The minimum Gasteiger partial charge on any atom is -0.394 e. The number of anilines is 2. The molecule has 0 aromatic carbocycles. The van der Waals surface area contributed by atoms with E-state index in [-0.39, 0.29) is 25.2 Å². The van der Waals surface area contributed by atoms with Crippen molar-refractivity contribution in [3.05, 3.63) is 35.3 Å². The number of aliphatic hydroxyl groups excluding tert-OH is 2. The van der Waals surface area contributed by atoms with Crippen molar-refractivity contribution in [2.45, 2.75) is 24.4 Å². The lowest BCUT2D eigenvalue weighted by molar-refractivity contribution is -0.0205. The first-order chi connectivity index (χ1) is 14.7. The quantitative estimate of drug-likeness (QED) is 0.500. The lowest BCUT2D eigenvalue weighted by Crippen LogP contribution is -2.57. The average molecular weight is 435 g/mol. The fraction of sp³-hybridized carbons (Fsp3) is 0.526. The van der Waals surface area contributed by atoms with E-state index >= 15 is 0 Å². The van der Waals surface area contributed by atoms with Crippen molar-refractivity contribution < 1.29 is 19.7 Å². The smallest absolute Gasteiger partial charge is 0.319 e. The molecular formula is C19H26N6O4S. The second-order valence-corrected chi connectivity index (χ2v) is 8.08. The largest absolute Gasteiger partial charge is 0.394 e. The number of hydrogen-bond acceptors (Lipinski definition) is 9. The van der Waals surface area contributed by atoms with Gasteiger partial charge >= 0.3 is 6.03 Å². The molecule has 0 spiro atoms. The van der Waals surface area contributed by atoms with Gasteiger partial charge in [-0.05, 0) is 17.5 Å². The Morgan fingerprint density at radius 3 is 2.67 bits per heavy atom. The normalized spacial score (nSPS) is 27.2. The highest BCUT2D eigenvalue weighted by molar-refractivity contribution is 7.08. The van der Waals surface area contributed by atoms with Crippen LogP contribution in [-0.2, 0) is 4.74 Å². The second-order valence-electron chi connectivity index (χ2n) is 7.30. The molecule has 4 heterocycles. The number of ether oxygens (including phenoxy) is 1. The maximum Gasteiger partial charge on any atom is 0.319 e. The number of hydrogen-bond donors (Lipinski definition) is 4. The predicted molar refractivity (Wildman–Crippen MR) is 113 cm³/mol. The van der Waals surface area contributed by atoms with Crippen molar-refractivity contribution in [3.8, 4) is 0 Å². The summed E-state index contributed by atoms with van der Waals surface area (Å²) in [6.07, 6.45) is 1.51. The van der Waals surface area contributed by atoms with Crippen molar-refractivity contribution >= 4 is 29.0 Å². The van der Waals surface area contributed by atoms with Gasteiger partial charge in [0, 0.05) is 50.5 Å². The van der Waals surface area contributed by atoms with Crippen molar-refractivity contribution in [1.29, 1.82) is 0 Å². The molecular weight excluding hydrogens is 408 g/mol. The molecule has 2 aromatic heterocycles. The molecule has 162 valence electrons. The summed E-state index contributed by atoms with van der Waals surface area (Å²) in [4.78, 5) is 25.0. The van der Waals surface area contributed by atoms with E-state index < -0.39 is 18.3 Å². The molecule has 30 heavy (non-hydrogen) atoms. The minimum atomic E-state index is -0.832. The standard InChI is InChI=1S/C19H26N6O4S/c26-11-15-17(27)16(14(29-15)10-22-19(28)23-13-2-9-30-12-13)24-5-7-25(8-6-24)18-20-3-1-4-21-18/h1-4,9,12,14-17,26-27H,5-8,10-11H2,(H2,22,23,28)/t14-,15+,16-,17-/m1/s1. The average Bonchev–Trinajstić information content (AvgIpc) is 3.40. The summed E-state index contributed by atoms with van der Waals surface area (Å²) >= 11 is 1.50. The number of aromatic nitrogens is 2. The van der Waals surface area contributed by atoms with E-state index in [1.54, 1.807) is 18.5 Å². The van der Waals surface area contributed by atoms with E-state index in [0.717, 1.165) is 18.8 Å². The van der Waals surface area contributed by atoms with Crippen LogP contribution < -0.4 is 15.5 Å². The zero-order valence-corrected chi connectivity index (χ0v) is 17.2. The molecule has 0 aliphatic carbocycles. The summed E-state index contributed by atoms with van der Waals surface area (Å²) in [6, 6.07) is 2.96. The van der Waals surface area contributed by atoms with Gasteiger partial charge in [-0.15, -0.1) is 0 Å². The fourth-order valence-corrected chi connectivity index (χ4v) is 4.56. The molecule has 4 rings (SSSR count). The highest BCUT2D eigenvalue weighted by Gasteiger charge is 2.46. The summed E-state index contributed by atoms with van der Waals surface area (Å²) < 4.78 is 5.87. The second kappa shape index (κ2) is 9.67. The van der Waals surface area contributed by atoms with Gasteiger partial charge in [-0.25, -0.2) is 14.8 Å². The van der Waals surface area contributed by atoms with Crippen LogP contribution in [0.25, 0.3) is 0 Å². The SMILES string of the molecule is O=C(NC[C@H]1O[C@@H](CO)[C@@H](O)[C@@H]1N1CCN(c2ncccn2)CC1)Nc1ccsc1. The fourth-order valence-electron chi connectivity index (χ4n) is 3.98. The molecule has 2 aliphatic heterocycles. The number of piperazine rings is 1. The third-order valence-corrected chi connectivity index (χ3v) is 6.14. The van der Waals surface area contributed by atoms with Crippen LogP contribution in [0.2, 0.25) is 0 Å². The summed E-state index contributed by atoms with van der Waals surface area (Å²) in [5.41, 5.74) is 0.730. The summed E-state index contributed by atoms with van der Waals surface area (Å²) in [5.74, 6) is 0.692. The molecule has 4 atom stereocenters. The molecule has 2 aliphatic rings. The Morgan fingerprint density at radius 2 is 2.00 bits per heavy atom. The number of nitrogens with one attached hydrogen (secondary N) is 2. The predicted octanol–water partition coefficient (Wildman–Crippen LogP) is -0.0290. The Hall–Kier alpha value is -2.31. The zero-order valence-electron chi connectivity index (χ0n) is 16.4. The van der Waals surface area contributed by atoms with E-state index in [1.807, 2.05) is 16.8 Å². The van der Waals surface area contributed by atoms with Gasteiger partial charge in [-0.1, -0.05) is 0 Å². The Kier molecular flexibility index (Phi) is 6.75. The van der Waals surface area contributed by atoms with Crippen LogP contribution in [0.3, 0.4) is 0 Å². The van der Waals surface area contributed by atoms with Crippen molar-refractivity contribution in [2.24, 2.45) is 0 Å². The highest BCUT2D eigenvalue weighted by atomic mass is 32.1. The number of aliphatic hydroxyl groups is 2. The summed E-state index contributed by atoms with van der Waals surface area (Å²) in [5, 5.41) is 29.6. The van der Waals surface area contributed by atoms with Gasteiger partial charge in [-0.2, -0.15) is 11.3 Å². The topological polar surface area (TPSA) is 123 Å². The number of amides is 2. The first-order valence-electron chi connectivity index (χ1n) is 9.93. The molecule has 2 fully saturated rings. The Labute approximate surface area is 178 Å². The lowest BCUT2D eigenvalue weighted by atomic mass is 10.0. The van der Waals surface area contributed by atoms with Gasteiger partial charge in [0.05, 0.1) is 24.4 Å². The number of urea groups is 1. The van der Waals surface area contributed by atoms with Crippen LogP contribution in [0.5, 0.6) is 0 Å². The van der Waals surface area contributed by atoms with E-state index in [2.05, 4.69) is 30.4 Å². The highest BCUT2D eigenvalue weighted by Crippen LogP contribution is 2.27. The molecule has 2 aromatic rings. The third-order valence-electron chi connectivity index (χ3n) is 5.46. The van der Waals surface area contributed by atoms with Crippen molar-refractivity contribution in [2.75, 3.05) is 49.5 Å². The number of carbonyl (C=O) groups is 1. The molecule has 11 heteroatoms. The van der Waals surface area contributed by atoms with E-state index in [1.165, 1.54) is 11.3 Å². The maximum atomic E-state index is 12.2. The third kappa shape index (κ3) is 4.71. The molecule has 0 radical (unpaired) electrons. The number of nitrogens with zero attached hydrogens (tertiary/aromatic N) is 4.